The summed E-state index contributed by atoms with van der Waals surface area (Å²) in [6.45, 7) is 15.3. The van der Waals surface area contributed by atoms with E-state index in [1.54, 1.807) is 0 Å². The Bertz CT molecular complexity index is 355. The van der Waals surface area contributed by atoms with Crippen LogP contribution in [-0.4, -0.2) is 22.4 Å². The van der Waals surface area contributed by atoms with Crippen molar-refractivity contribution in [2.45, 2.75) is 60.5 Å². The summed E-state index contributed by atoms with van der Waals surface area (Å²) in [7, 11) is 0. The van der Waals surface area contributed by atoms with Gasteiger partial charge in [-0.3, -0.25) is 4.68 Å². The first kappa shape index (κ1) is 15.2. The van der Waals surface area contributed by atoms with E-state index >= 15 is 0 Å². The fourth-order valence-electron chi connectivity index (χ4n) is 2.43. The molecule has 0 aromatic carbocycles. The molecule has 2 unspecified atom stereocenters. The number of likely N-dealkylation sites (N-methyl/N-ethyl adjacent to an activating group) is 1. The van der Waals surface area contributed by atoms with Gasteiger partial charge in [0.2, 0.25) is 0 Å². The van der Waals surface area contributed by atoms with Gasteiger partial charge in [-0.15, -0.1) is 0 Å². The maximum atomic E-state index is 4.54. The van der Waals surface area contributed by atoms with Crippen LogP contribution < -0.4 is 5.32 Å². The van der Waals surface area contributed by atoms with Gasteiger partial charge >= 0.3 is 0 Å². The average molecular weight is 251 g/mol. The lowest BCUT2D eigenvalue weighted by atomic mass is 9.87. The summed E-state index contributed by atoms with van der Waals surface area (Å²) < 4.78 is 2.13. The second kappa shape index (κ2) is 6.93. The highest BCUT2D eigenvalue weighted by atomic mass is 15.3. The van der Waals surface area contributed by atoms with Crippen molar-refractivity contribution in [2.75, 3.05) is 6.54 Å². The van der Waals surface area contributed by atoms with E-state index in [2.05, 4.69) is 62.7 Å². The van der Waals surface area contributed by atoms with Crippen molar-refractivity contribution in [3.63, 3.8) is 0 Å². The molecule has 1 aromatic heterocycles. The first-order valence-electron chi connectivity index (χ1n) is 7.26. The summed E-state index contributed by atoms with van der Waals surface area (Å²) in [6.07, 6.45) is 1.07. The third kappa shape index (κ3) is 3.84. The molecule has 0 radical (unpaired) electrons. The van der Waals surface area contributed by atoms with Crippen LogP contribution in [0.5, 0.6) is 0 Å². The Labute approximate surface area is 112 Å². The molecule has 2 atom stereocenters. The van der Waals surface area contributed by atoms with Crippen molar-refractivity contribution in [3.8, 4) is 0 Å². The second-order valence-corrected chi connectivity index (χ2v) is 5.56. The molecule has 0 spiro atoms. The standard InChI is InChI=1S/C15H29N3/c1-7-16-15(13(6)11(3)4)10-14-9-12(5)17-18(14)8-2/h9,11,13,15-16H,7-8,10H2,1-6H3. The molecular formula is C15H29N3. The predicted molar refractivity (Wildman–Crippen MR) is 77.8 cm³/mol. The summed E-state index contributed by atoms with van der Waals surface area (Å²) in [5, 5.41) is 8.17. The molecule has 3 heteroatoms. The van der Waals surface area contributed by atoms with Crippen LogP contribution in [-0.2, 0) is 13.0 Å². The minimum atomic E-state index is 0.538. The van der Waals surface area contributed by atoms with Gasteiger partial charge in [-0.1, -0.05) is 27.7 Å². The lowest BCUT2D eigenvalue weighted by molar-refractivity contribution is 0.296. The van der Waals surface area contributed by atoms with E-state index in [4.69, 9.17) is 0 Å². The van der Waals surface area contributed by atoms with Gasteiger partial charge in [0.05, 0.1) is 5.69 Å². The second-order valence-electron chi connectivity index (χ2n) is 5.56. The molecule has 0 amide bonds. The molecule has 0 saturated heterocycles. The number of hydrogen-bond donors (Lipinski definition) is 1. The normalized spacial score (nSPS) is 15.1. The molecule has 1 rings (SSSR count). The summed E-state index contributed by atoms with van der Waals surface area (Å²) in [6, 6.07) is 2.76. The number of nitrogens with one attached hydrogen (secondary N) is 1. The van der Waals surface area contributed by atoms with Crippen molar-refractivity contribution < 1.29 is 0 Å². The highest BCUT2D eigenvalue weighted by Gasteiger charge is 2.21. The molecule has 1 aromatic rings. The van der Waals surface area contributed by atoms with Crippen molar-refractivity contribution in [2.24, 2.45) is 11.8 Å². The van der Waals surface area contributed by atoms with Gasteiger partial charge < -0.3 is 5.32 Å². The van der Waals surface area contributed by atoms with Gasteiger partial charge in [-0.2, -0.15) is 5.10 Å². The zero-order chi connectivity index (χ0) is 13.7. The van der Waals surface area contributed by atoms with E-state index in [9.17, 15) is 0 Å². The van der Waals surface area contributed by atoms with E-state index in [0.717, 1.165) is 25.2 Å². The summed E-state index contributed by atoms with van der Waals surface area (Å²) >= 11 is 0. The number of hydrogen-bond acceptors (Lipinski definition) is 2. The van der Waals surface area contributed by atoms with Crippen LogP contribution in [0.3, 0.4) is 0 Å². The highest BCUT2D eigenvalue weighted by Crippen LogP contribution is 2.19. The smallest absolute Gasteiger partial charge is 0.0596 e. The lowest BCUT2D eigenvalue weighted by Crippen LogP contribution is -2.39. The Morgan fingerprint density at radius 1 is 1.28 bits per heavy atom. The molecule has 0 aliphatic rings. The summed E-state index contributed by atoms with van der Waals surface area (Å²) in [5.74, 6) is 1.37. The Morgan fingerprint density at radius 2 is 1.94 bits per heavy atom. The van der Waals surface area contributed by atoms with Crippen molar-refractivity contribution >= 4 is 0 Å². The van der Waals surface area contributed by atoms with Crippen LogP contribution in [0.2, 0.25) is 0 Å². The predicted octanol–water partition coefficient (Wildman–Crippen LogP) is 3.02. The van der Waals surface area contributed by atoms with Gasteiger partial charge in [0.25, 0.3) is 0 Å². The molecule has 1 N–H and O–H groups in total. The van der Waals surface area contributed by atoms with E-state index in [1.807, 2.05) is 0 Å². The largest absolute Gasteiger partial charge is 0.314 e. The Morgan fingerprint density at radius 3 is 2.44 bits per heavy atom. The number of rotatable bonds is 7. The average Bonchev–Trinajstić information content (AvgIpc) is 2.67. The van der Waals surface area contributed by atoms with Crippen molar-refractivity contribution in [3.05, 3.63) is 17.5 Å². The van der Waals surface area contributed by atoms with Gasteiger partial charge in [0.1, 0.15) is 0 Å². The minimum Gasteiger partial charge on any atom is -0.314 e. The SMILES string of the molecule is CCNC(Cc1cc(C)nn1CC)C(C)C(C)C. The quantitative estimate of drug-likeness (QED) is 0.807. The zero-order valence-electron chi connectivity index (χ0n) is 12.8. The third-order valence-electron chi connectivity index (χ3n) is 3.87. The lowest BCUT2D eigenvalue weighted by Gasteiger charge is -2.28. The first-order chi connectivity index (χ1) is 8.49. The number of nitrogens with zero attached hydrogens (tertiary/aromatic N) is 2. The van der Waals surface area contributed by atoms with Gasteiger partial charge in [0.15, 0.2) is 0 Å². The van der Waals surface area contributed by atoms with Gasteiger partial charge in [-0.05, 0) is 38.3 Å². The van der Waals surface area contributed by atoms with Crippen molar-refractivity contribution in [1.29, 1.82) is 0 Å². The van der Waals surface area contributed by atoms with E-state index in [-0.39, 0.29) is 0 Å². The van der Waals surface area contributed by atoms with E-state index < -0.39 is 0 Å². The van der Waals surface area contributed by atoms with Crippen LogP contribution in [0.1, 0.15) is 46.0 Å². The van der Waals surface area contributed by atoms with E-state index in [1.165, 1.54) is 5.69 Å². The first-order valence-corrected chi connectivity index (χ1v) is 7.26. The molecular weight excluding hydrogens is 222 g/mol. The highest BCUT2D eigenvalue weighted by molar-refractivity contribution is 5.11. The van der Waals surface area contributed by atoms with Crippen LogP contribution >= 0.6 is 0 Å². The number of aryl methyl sites for hydroxylation is 2. The van der Waals surface area contributed by atoms with Gasteiger partial charge in [0, 0.05) is 24.7 Å². The molecule has 3 nitrogen and oxygen atoms in total. The summed E-state index contributed by atoms with van der Waals surface area (Å²) in [5.41, 5.74) is 2.48. The molecule has 18 heavy (non-hydrogen) atoms. The van der Waals surface area contributed by atoms with Crippen LogP contribution in [0.15, 0.2) is 6.07 Å². The monoisotopic (exact) mass is 251 g/mol. The molecule has 0 fully saturated rings. The fourth-order valence-corrected chi connectivity index (χ4v) is 2.43. The van der Waals surface area contributed by atoms with Crippen LogP contribution in [0.4, 0.5) is 0 Å². The zero-order valence-corrected chi connectivity index (χ0v) is 12.8. The minimum absolute atomic E-state index is 0.538. The van der Waals surface area contributed by atoms with E-state index in [0.29, 0.717) is 17.9 Å². The molecule has 0 saturated carbocycles. The third-order valence-corrected chi connectivity index (χ3v) is 3.87. The molecule has 1 heterocycles. The Balaban J connectivity index is 2.82. The molecule has 0 aliphatic heterocycles. The van der Waals surface area contributed by atoms with Crippen molar-refractivity contribution in [1.82, 2.24) is 15.1 Å². The summed E-state index contributed by atoms with van der Waals surface area (Å²) in [4.78, 5) is 0. The molecule has 0 aliphatic carbocycles. The fraction of sp³-hybridized carbons (Fsp3) is 0.800. The Kier molecular flexibility index (Phi) is 5.86. The van der Waals surface area contributed by atoms with Gasteiger partial charge in [-0.25, -0.2) is 0 Å². The number of aromatic nitrogens is 2. The molecule has 104 valence electrons. The maximum Gasteiger partial charge on any atom is 0.0596 e. The van der Waals surface area contributed by atoms with Crippen LogP contribution in [0.25, 0.3) is 0 Å². The topological polar surface area (TPSA) is 29.9 Å². The molecule has 0 bridgehead atoms. The Hall–Kier alpha value is -0.830. The maximum absolute atomic E-state index is 4.54. The van der Waals surface area contributed by atoms with Crippen LogP contribution in [0, 0.1) is 18.8 Å².